The molecule has 0 aromatic carbocycles. The van der Waals surface area contributed by atoms with E-state index in [0.717, 1.165) is 18.8 Å². The Bertz CT molecular complexity index is 267. The fourth-order valence-corrected chi connectivity index (χ4v) is 1.87. The minimum atomic E-state index is 0.348. The highest BCUT2D eigenvalue weighted by Gasteiger charge is 2.17. The van der Waals surface area contributed by atoms with Gasteiger partial charge in [-0.15, -0.1) is 0 Å². The lowest BCUT2D eigenvalue weighted by molar-refractivity contribution is 0.471. The first-order chi connectivity index (χ1) is 6.86. The van der Waals surface area contributed by atoms with Gasteiger partial charge in [0.05, 0.1) is 5.69 Å². The molecule has 2 heterocycles. The standard InChI is InChI=1S/C11H17N3/c1-9(11-4-2-3-6-13-11)14-10-5-7-12-8-10/h2-4,6,9-10,12,14H,5,7-8H2,1H3/t9?,10-/m1/s1. The molecule has 2 atom stereocenters. The van der Waals surface area contributed by atoms with Gasteiger partial charge in [0.25, 0.3) is 0 Å². The molecule has 1 fully saturated rings. The third-order valence-electron chi connectivity index (χ3n) is 2.68. The minimum Gasteiger partial charge on any atom is -0.315 e. The summed E-state index contributed by atoms with van der Waals surface area (Å²) in [4.78, 5) is 4.34. The maximum absolute atomic E-state index is 4.34. The second-order valence-corrected chi connectivity index (χ2v) is 3.83. The van der Waals surface area contributed by atoms with Crippen molar-refractivity contribution in [2.24, 2.45) is 0 Å². The fourth-order valence-electron chi connectivity index (χ4n) is 1.87. The van der Waals surface area contributed by atoms with E-state index in [9.17, 15) is 0 Å². The van der Waals surface area contributed by atoms with Crippen LogP contribution in [0.2, 0.25) is 0 Å². The maximum atomic E-state index is 4.34. The highest BCUT2D eigenvalue weighted by Crippen LogP contribution is 2.10. The highest BCUT2D eigenvalue weighted by atomic mass is 15.0. The molecule has 14 heavy (non-hydrogen) atoms. The minimum absolute atomic E-state index is 0.348. The Hall–Kier alpha value is -0.930. The lowest BCUT2D eigenvalue weighted by atomic mass is 10.1. The van der Waals surface area contributed by atoms with E-state index >= 15 is 0 Å². The van der Waals surface area contributed by atoms with Gasteiger partial charge in [-0.1, -0.05) is 6.07 Å². The van der Waals surface area contributed by atoms with Crippen molar-refractivity contribution in [2.75, 3.05) is 13.1 Å². The van der Waals surface area contributed by atoms with Gasteiger partial charge >= 0.3 is 0 Å². The van der Waals surface area contributed by atoms with Crippen LogP contribution in [-0.2, 0) is 0 Å². The Labute approximate surface area is 84.9 Å². The molecule has 76 valence electrons. The van der Waals surface area contributed by atoms with E-state index in [1.54, 1.807) is 0 Å². The molecule has 3 heteroatoms. The van der Waals surface area contributed by atoms with Crippen LogP contribution >= 0.6 is 0 Å². The fraction of sp³-hybridized carbons (Fsp3) is 0.545. The number of nitrogens with zero attached hydrogens (tertiary/aromatic N) is 1. The molecule has 0 radical (unpaired) electrons. The van der Waals surface area contributed by atoms with Gasteiger partial charge in [0.2, 0.25) is 0 Å². The zero-order valence-electron chi connectivity index (χ0n) is 8.53. The summed E-state index contributed by atoms with van der Waals surface area (Å²) >= 11 is 0. The normalized spacial score (nSPS) is 23.6. The van der Waals surface area contributed by atoms with Crippen molar-refractivity contribution in [1.82, 2.24) is 15.6 Å². The summed E-state index contributed by atoms with van der Waals surface area (Å²) < 4.78 is 0. The van der Waals surface area contributed by atoms with Crippen LogP contribution in [0, 0.1) is 0 Å². The van der Waals surface area contributed by atoms with Crippen molar-refractivity contribution in [3.05, 3.63) is 30.1 Å². The largest absolute Gasteiger partial charge is 0.315 e. The van der Waals surface area contributed by atoms with Crippen molar-refractivity contribution in [3.8, 4) is 0 Å². The number of aromatic nitrogens is 1. The van der Waals surface area contributed by atoms with Gasteiger partial charge < -0.3 is 10.6 Å². The van der Waals surface area contributed by atoms with Crippen molar-refractivity contribution < 1.29 is 0 Å². The van der Waals surface area contributed by atoms with E-state index in [-0.39, 0.29) is 0 Å². The van der Waals surface area contributed by atoms with E-state index < -0.39 is 0 Å². The van der Waals surface area contributed by atoms with Crippen LogP contribution in [0.5, 0.6) is 0 Å². The van der Waals surface area contributed by atoms with E-state index in [1.165, 1.54) is 6.42 Å². The first kappa shape index (κ1) is 9.62. The average molecular weight is 191 g/mol. The molecule has 1 unspecified atom stereocenters. The van der Waals surface area contributed by atoms with Crippen molar-refractivity contribution in [3.63, 3.8) is 0 Å². The molecule has 3 nitrogen and oxygen atoms in total. The van der Waals surface area contributed by atoms with Crippen LogP contribution in [0.3, 0.4) is 0 Å². The molecule has 1 aromatic rings. The predicted molar refractivity (Wildman–Crippen MR) is 57.1 cm³/mol. The first-order valence-corrected chi connectivity index (χ1v) is 5.24. The summed E-state index contributed by atoms with van der Waals surface area (Å²) in [5, 5.41) is 6.92. The molecule has 0 spiro atoms. The smallest absolute Gasteiger partial charge is 0.0570 e. The highest BCUT2D eigenvalue weighted by molar-refractivity contribution is 5.08. The Morgan fingerprint density at radius 1 is 1.57 bits per heavy atom. The molecule has 2 rings (SSSR count). The third kappa shape index (κ3) is 2.30. The van der Waals surface area contributed by atoms with Gasteiger partial charge in [-0.3, -0.25) is 4.98 Å². The van der Waals surface area contributed by atoms with Gasteiger partial charge in [0.15, 0.2) is 0 Å². The Morgan fingerprint density at radius 3 is 3.14 bits per heavy atom. The van der Waals surface area contributed by atoms with E-state index in [0.29, 0.717) is 12.1 Å². The number of rotatable bonds is 3. The Kier molecular flexibility index (Phi) is 3.11. The summed E-state index contributed by atoms with van der Waals surface area (Å²) in [7, 11) is 0. The van der Waals surface area contributed by atoms with Crippen LogP contribution in [-0.4, -0.2) is 24.1 Å². The van der Waals surface area contributed by atoms with Crippen molar-refractivity contribution >= 4 is 0 Å². The molecule has 0 saturated carbocycles. The Balaban J connectivity index is 1.92. The Morgan fingerprint density at radius 2 is 2.50 bits per heavy atom. The molecule has 2 N–H and O–H groups in total. The number of hydrogen-bond donors (Lipinski definition) is 2. The quantitative estimate of drug-likeness (QED) is 0.751. The molecular formula is C11H17N3. The molecule has 0 bridgehead atoms. The van der Waals surface area contributed by atoms with Crippen LogP contribution < -0.4 is 10.6 Å². The summed E-state index contributed by atoms with van der Waals surface area (Å²) in [6.45, 7) is 4.38. The van der Waals surface area contributed by atoms with Crippen LogP contribution in [0.4, 0.5) is 0 Å². The van der Waals surface area contributed by atoms with Crippen molar-refractivity contribution in [2.45, 2.75) is 25.4 Å². The lowest BCUT2D eigenvalue weighted by Gasteiger charge is -2.17. The zero-order chi connectivity index (χ0) is 9.80. The number of nitrogens with one attached hydrogen (secondary N) is 2. The van der Waals surface area contributed by atoms with E-state index in [1.807, 2.05) is 18.3 Å². The van der Waals surface area contributed by atoms with Crippen LogP contribution in [0.25, 0.3) is 0 Å². The summed E-state index contributed by atoms with van der Waals surface area (Å²) in [5.41, 5.74) is 1.12. The maximum Gasteiger partial charge on any atom is 0.0570 e. The van der Waals surface area contributed by atoms with Gasteiger partial charge in [-0.05, 0) is 32.0 Å². The van der Waals surface area contributed by atoms with E-state index in [4.69, 9.17) is 0 Å². The van der Waals surface area contributed by atoms with Crippen molar-refractivity contribution in [1.29, 1.82) is 0 Å². The molecule has 1 saturated heterocycles. The number of pyridine rings is 1. The topological polar surface area (TPSA) is 37.0 Å². The molecule has 1 aromatic heterocycles. The SMILES string of the molecule is CC(N[C@@H]1CCNC1)c1ccccn1. The third-order valence-corrected chi connectivity index (χ3v) is 2.68. The summed E-state index contributed by atoms with van der Waals surface area (Å²) in [5.74, 6) is 0. The second kappa shape index (κ2) is 4.53. The van der Waals surface area contributed by atoms with Gasteiger partial charge in [0, 0.05) is 24.8 Å². The predicted octanol–water partition coefficient (Wildman–Crippen LogP) is 1.09. The average Bonchev–Trinajstić information content (AvgIpc) is 2.72. The molecule has 1 aliphatic heterocycles. The van der Waals surface area contributed by atoms with Crippen LogP contribution in [0.1, 0.15) is 25.1 Å². The summed E-state index contributed by atoms with van der Waals surface area (Å²) in [6.07, 6.45) is 3.07. The number of hydrogen-bond acceptors (Lipinski definition) is 3. The monoisotopic (exact) mass is 191 g/mol. The molecule has 1 aliphatic rings. The van der Waals surface area contributed by atoms with Crippen LogP contribution in [0.15, 0.2) is 24.4 Å². The lowest BCUT2D eigenvalue weighted by Crippen LogP contribution is -2.33. The van der Waals surface area contributed by atoms with Gasteiger partial charge in [0.1, 0.15) is 0 Å². The van der Waals surface area contributed by atoms with Gasteiger partial charge in [-0.2, -0.15) is 0 Å². The zero-order valence-corrected chi connectivity index (χ0v) is 8.53. The summed E-state index contributed by atoms with van der Waals surface area (Å²) in [6, 6.07) is 7.01. The molecular weight excluding hydrogens is 174 g/mol. The second-order valence-electron chi connectivity index (χ2n) is 3.83. The van der Waals surface area contributed by atoms with E-state index in [2.05, 4.69) is 28.6 Å². The van der Waals surface area contributed by atoms with Gasteiger partial charge in [-0.25, -0.2) is 0 Å². The molecule has 0 amide bonds. The first-order valence-electron chi connectivity index (χ1n) is 5.24. The molecule has 0 aliphatic carbocycles.